The summed E-state index contributed by atoms with van der Waals surface area (Å²) >= 11 is 7.43. The highest BCUT2D eigenvalue weighted by Crippen LogP contribution is 2.24. The van der Waals surface area contributed by atoms with Crippen LogP contribution in [0.5, 0.6) is 0 Å². The normalized spacial score (nSPS) is 10.7. The molecule has 0 fully saturated rings. The minimum absolute atomic E-state index is 0.334. The number of hydrogen-bond acceptors (Lipinski definition) is 6. The highest BCUT2D eigenvalue weighted by atomic mass is 35.5. The van der Waals surface area contributed by atoms with Gasteiger partial charge in [0.25, 0.3) is 5.91 Å². The van der Waals surface area contributed by atoms with E-state index in [0.717, 1.165) is 21.7 Å². The monoisotopic (exact) mass is 437 g/mol. The highest BCUT2D eigenvalue weighted by Gasteiger charge is 2.12. The van der Waals surface area contributed by atoms with E-state index < -0.39 is 18.5 Å². The molecule has 0 spiro atoms. The second-order valence-electron chi connectivity index (χ2n) is 6.50. The molecule has 4 rings (SSSR count). The number of amides is 1. The van der Waals surface area contributed by atoms with Crippen molar-refractivity contribution in [2.45, 2.75) is 6.92 Å². The number of pyridine rings is 1. The zero-order valence-corrected chi connectivity index (χ0v) is 17.5. The van der Waals surface area contributed by atoms with Gasteiger partial charge in [-0.2, -0.15) is 0 Å². The molecule has 2 aromatic heterocycles. The van der Waals surface area contributed by atoms with Gasteiger partial charge >= 0.3 is 5.97 Å². The molecule has 1 amide bonds. The van der Waals surface area contributed by atoms with E-state index >= 15 is 0 Å². The number of esters is 1. The molecule has 2 heterocycles. The fraction of sp³-hybridized carbons (Fsp3) is 0.0909. The van der Waals surface area contributed by atoms with E-state index in [4.69, 9.17) is 16.3 Å². The SMILES string of the molecule is Cc1nc(-c2cccc(NC(=O)COC(=O)c3ccc4nc(Cl)ccc4c3)c2)cs1. The highest BCUT2D eigenvalue weighted by molar-refractivity contribution is 7.09. The Morgan fingerprint density at radius 1 is 1.10 bits per heavy atom. The fourth-order valence-corrected chi connectivity index (χ4v) is 3.67. The molecular weight excluding hydrogens is 422 g/mol. The van der Waals surface area contributed by atoms with Crippen molar-refractivity contribution in [3.8, 4) is 11.3 Å². The molecule has 30 heavy (non-hydrogen) atoms. The van der Waals surface area contributed by atoms with Crippen molar-refractivity contribution < 1.29 is 14.3 Å². The van der Waals surface area contributed by atoms with E-state index in [9.17, 15) is 9.59 Å². The predicted molar refractivity (Wildman–Crippen MR) is 118 cm³/mol. The number of ether oxygens (including phenoxy) is 1. The van der Waals surface area contributed by atoms with Crippen molar-refractivity contribution in [3.63, 3.8) is 0 Å². The van der Waals surface area contributed by atoms with E-state index in [1.54, 1.807) is 47.7 Å². The maximum Gasteiger partial charge on any atom is 0.338 e. The van der Waals surface area contributed by atoms with Gasteiger partial charge in [0.2, 0.25) is 0 Å². The van der Waals surface area contributed by atoms with Crippen molar-refractivity contribution in [3.05, 3.63) is 75.7 Å². The van der Waals surface area contributed by atoms with Gasteiger partial charge in [0.05, 0.1) is 21.8 Å². The Morgan fingerprint density at radius 2 is 1.97 bits per heavy atom. The molecule has 2 aromatic carbocycles. The van der Waals surface area contributed by atoms with Gasteiger partial charge in [-0.1, -0.05) is 23.7 Å². The van der Waals surface area contributed by atoms with Crippen molar-refractivity contribution in [1.82, 2.24) is 9.97 Å². The number of halogens is 1. The number of aryl methyl sites for hydroxylation is 1. The van der Waals surface area contributed by atoms with Crippen LogP contribution in [0.1, 0.15) is 15.4 Å². The van der Waals surface area contributed by atoms with Gasteiger partial charge in [0.1, 0.15) is 5.15 Å². The van der Waals surface area contributed by atoms with Crippen LogP contribution in [0.15, 0.2) is 60.0 Å². The van der Waals surface area contributed by atoms with Crippen LogP contribution in [0.25, 0.3) is 22.2 Å². The van der Waals surface area contributed by atoms with Crippen LogP contribution < -0.4 is 5.32 Å². The van der Waals surface area contributed by atoms with Crippen LogP contribution >= 0.6 is 22.9 Å². The fourth-order valence-electron chi connectivity index (χ4n) is 2.89. The summed E-state index contributed by atoms with van der Waals surface area (Å²) in [6.07, 6.45) is 0. The second kappa shape index (κ2) is 8.61. The van der Waals surface area contributed by atoms with Gasteiger partial charge < -0.3 is 10.1 Å². The van der Waals surface area contributed by atoms with Crippen LogP contribution in [0.4, 0.5) is 5.69 Å². The summed E-state index contributed by atoms with van der Waals surface area (Å²) in [5.41, 5.74) is 3.37. The predicted octanol–water partition coefficient (Wildman–Crippen LogP) is 5.12. The molecule has 6 nitrogen and oxygen atoms in total. The number of nitrogens with zero attached hydrogens (tertiary/aromatic N) is 2. The molecule has 0 saturated carbocycles. The first-order chi connectivity index (χ1) is 14.5. The van der Waals surface area contributed by atoms with Crippen molar-refractivity contribution in [1.29, 1.82) is 0 Å². The average molecular weight is 438 g/mol. The molecule has 0 aliphatic heterocycles. The molecule has 4 aromatic rings. The van der Waals surface area contributed by atoms with Crippen LogP contribution in [-0.4, -0.2) is 28.5 Å². The van der Waals surface area contributed by atoms with Crippen molar-refractivity contribution in [2.75, 3.05) is 11.9 Å². The summed E-state index contributed by atoms with van der Waals surface area (Å²) in [5.74, 6) is -1.02. The Balaban J connectivity index is 1.38. The summed E-state index contributed by atoms with van der Waals surface area (Å²) in [6, 6.07) is 15.7. The van der Waals surface area contributed by atoms with E-state index in [2.05, 4.69) is 15.3 Å². The first-order valence-corrected chi connectivity index (χ1v) is 10.3. The Labute approximate surface area is 181 Å². The number of carbonyl (C=O) groups is 2. The molecular formula is C22H16ClN3O3S. The largest absolute Gasteiger partial charge is 0.452 e. The van der Waals surface area contributed by atoms with E-state index in [1.165, 1.54) is 0 Å². The number of nitrogens with one attached hydrogen (secondary N) is 1. The Morgan fingerprint density at radius 3 is 2.77 bits per heavy atom. The molecule has 150 valence electrons. The Hall–Kier alpha value is -3.29. The lowest BCUT2D eigenvalue weighted by molar-refractivity contribution is -0.119. The second-order valence-corrected chi connectivity index (χ2v) is 7.95. The van der Waals surface area contributed by atoms with Gasteiger partial charge in [-0.05, 0) is 49.4 Å². The zero-order valence-electron chi connectivity index (χ0n) is 15.9. The van der Waals surface area contributed by atoms with E-state index in [-0.39, 0.29) is 0 Å². The molecule has 0 atom stereocenters. The van der Waals surface area contributed by atoms with E-state index in [1.807, 2.05) is 30.5 Å². The maximum atomic E-state index is 12.3. The summed E-state index contributed by atoms with van der Waals surface area (Å²) in [5, 5.41) is 6.81. The molecule has 0 radical (unpaired) electrons. The van der Waals surface area contributed by atoms with Gasteiger partial charge in [0, 0.05) is 22.0 Å². The molecule has 0 aliphatic rings. The summed E-state index contributed by atoms with van der Waals surface area (Å²) in [7, 11) is 0. The third kappa shape index (κ3) is 4.64. The van der Waals surface area contributed by atoms with Gasteiger partial charge in [0.15, 0.2) is 6.61 Å². The van der Waals surface area contributed by atoms with Gasteiger partial charge in [-0.25, -0.2) is 14.8 Å². The van der Waals surface area contributed by atoms with Gasteiger partial charge in [-0.15, -0.1) is 11.3 Å². The smallest absolute Gasteiger partial charge is 0.338 e. The zero-order chi connectivity index (χ0) is 21.1. The minimum Gasteiger partial charge on any atom is -0.452 e. The van der Waals surface area contributed by atoms with Crippen LogP contribution in [0.3, 0.4) is 0 Å². The number of benzene rings is 2. The maximum absolute atomic E-state index is 12.3. The number of thiazole rings is 1. The van der Waals surface area contributed by atoms with Crippen LogP contribution in [0, 0.1) is 6.92 Å². The lowest BCUT2D eigenvalue weighted by Crippen LogP contribution is -2.20. The summed E-state index contributed by atoms with van der Waals surface area (Å²) in [6.45, 7) is 1.55. The number of fused-ring (bicyclic) bond motifs is 1. The Bertz CT molecular complexity index is 1260. The van der Waals surface area contributed by atoms with Gasteiger partial charge in [-0.3, -0.25) is 4.79 Å². The standard InChI is InChI=1S/C22H16ClN3O3S/c1-13-24-19(12-30-13)14-3-2-4-17(10-14)25-21(27)11-29-22(28)16-5-7-18-15(9-16)6-8-20(23)26-18/h2-10,12H,11H2,1H3,(H,25,27). The lowest BCUT2D eigenvalue weighted by atomic mass is 10.1. The van der Waals surface area contributed by atoms with Crippen molar-refractivity contribution in [2.24, 2.45) is 0 Å². The molecule has 0 aliphatic carbocycles. The van der Waals surface area contributed by atoms with Crippen LogP contribution in [-0.2, 0) is 9.53 Å². The lowest BCUT2D eigenvalue weighted by Gasteiger charge is -2.08. The number of anilines is 1. The average Bonchev–Trinajstić information content (AvgIpc) is 3.18. The minimum atomic E-state index is -0.589. The third-order valence-electron chi connectivity index (χ3n) is 4.29. The summed E-state index contributed by atoms with van der Waals surface area (Å²) < 4.78 is 5.14. The Kier molecular flexibility index (Phi) is 5.74. The number of hydrogen-bond donors (Lipinski definition) is 1. The number of carbonyl (C=O) groups excluding carboxylic acids is 2. The van der Waals surface area contributed by atoms with E-state index in [0.29, 0.717) is 21.9 Å². The molecule has 0 unspecified atom stereocenters. The molecule has 0 bridgehead atoms. The molecule has 8 heteroatoms. The quantitative estimate of drug-likeness (QED) is 0.346. The molecule has 1 N–H and O–H groups in total. The topological polar surface area (TPSA) is 81.2 Å². The third-order valence-corrected chi connectivity index (χ3v) is 5.27. The van der Waals surface area contributed by atoms with Crippen molar-refractivity contribution >= 4 is 51.4 Å². The first-order valence-electron chi connectivity index (χ1n) is 9.04. The number of rotatable bonds is 5. The summed E-state index contributed by atoms with van der Waals surface area (Å²) in [4.78, 5) is 33.1. The first kappa shape index (κ1) is 20.0. The van der Waals surface area contributed by atoms with Crippen LogP contribution in [0.2, 0.25) is 5.15 Å². The molecule has 0 saturated heterocycles. The number of aromatic nitrogens is 2.